The van der Waals surface area contributed by atoms with Gasteiger partial charge in [0.1, 0.15) is 11.6 Å². The first kappa shape index (κ1) is 22.9. The maximum Gasteiger partial charge on any atom is 0.169 e. The van der Waals surface area contributed by atoms with Crippen molar-refractivity contribution in [1.29, 1.82) is 0 Å². The first-order valence-corrected chi connectivity index (χ1v) is 11.5. The van der Waals surface area contributed by atoms with Gasteiger partial charge in [-0.05, 0) is 64.7 Å². The van der Waals surface area contributed by atoms with Crippen molar-refractivity contribution in [3.05, 3.63) is 75.7 Å². The van der Waals surface area contributed by atoms with Crippen molar-refractivity contribution in [2.24, 2.45) is 0 Å². The zero-order valence-electron chi connectivity index (χ0n) is 20.5. The number of rotatable bonds is 7. The molecule has 0 amide bonds. The molecule has 0 radical (unpaired) electrons. The van der Waals surface area contributed by atoms with Crippen LogP contribution in [0.15, 0.2) is 36.4 Å². The van der Waals surface area contributed by atoms with Crippen LogP contribution < -0.4 is 4.90 Å². The molecule has 6 nitrogen and oxygen atoms in total. The van der Waals surface area contributed by atoms with Gasteiger partial charge in [0, 0.05) is 19.7 Å². The number of benzene rings is 2. The van der Waals surface area contributed by atoms with Gasteiger partial charge < -0.3 is 10.0 Å². The normalized spacial score (nSPS) is 11.4. The highest BCUT2D eigenvalue weighted by atomic mass is 16.3. The molecule has 0 atom stereocenters. The van der Waals surface area contributed by atoms with E-state index in [-0.39, 0.29) is 6.61 Å². The minimum atomic E-state index is 0.137. The van der Waals surface area contributed by atoms with Crippen molar-refractivity contribution in [3.8, 4) is 5.69 Å². The van der Waals surface area contributed by atoms with E-state index in [1.165, 1.54) is 27.8 Å². The van der Waals surface area contributed by atoms with E-state index in [4.69, 9.17) is 15.1 Å². The molecule has 4 aromatic rings. The lowest BCUT2D eigenvalue weighted by atomic mass is 10.1. The Morgan fingerprint density at radius 2 is 1.55 bits per heavy atom. The molecular formula is C27H33N5O. The van der Waals surface area contributed by atoms with E-state index in [1.54, 1.807) is 0 Å². The molecule has 0 bridgehead atoms. The first-order chi connectivity index (χ1) is 15.8. The van der Waals surface area contributed by atoms with Gasteiger partial charge in [-0.1, -0.05) is 47.5 Å². The van der Waals surface area contributed by atoms with Crippen molar-refractivity contribution < 1.29 is 5.11 Å². The van der Waals surface area contributed by atoms with Crippen LogP contribution in [0.2, 0.25) is 0 Å². The fourth-order valence-corrected chi connectivity index (χ4v) is 4.59. The number of anilines is 1. The van der Waals surface area contributed by atoms with E-state index in [9.17, 15) is 5.11 Å². The molecule has 0 spiro atoms. The van der Waals surface area contributed by atoms with E-state index >= 15 is 0 Å². The molecule has 2 aromatic carbocycles. The Morgan fingerprint density at radius 3 is 2.18 bits per heavy atom. The Balaban J connectivity index is 1.89. The highest BCUT2D eigenvalue weighted by Crippen LogP contribution is 2.32. The number of aromatic nitrogens is 4. The van der Waals surface area contributed by atoms with Crippen LogP contribution in [0.4, 0.5) is 5.82 Å². The molecule has 0 fully saturated rings. The van der Waals surface area contributed by atoms with Crippen LogP contribution in [0, 0.1) is 41.5 Å². The van der Waals surface area contributed by atoms with E-state index < -0.39 is 0 Å². The number of hydrogen-bond donors (Lipinski definition) is 1. The number of hydrogen-bond acceptors (Lipinski definition) is 5. The zero-order chi connectivity index (χ0) is 23.7. The summed E-state index contributed by atoms with van der Waals surface area (Å²) in [6.45, 7) is 14.0. The van der Waals surface area contributed by atoms with Crippen LogP contribution in [0.1, 0.15) is 45.8 Å². The topological polar surface area (TPSA) is 67.1 Å². The molecule has 4 rings (SSSR count). The van der Waals surface area contributed by atoms with Gasteiger partial charge in [0.05, 0.1) is 16.8 Å². The summed E-state index contributed by atoms with van der Waals surface area (Å²) in [5, 5.41) is 15.4. The Morgan fingerprint density at radius 1 is 0.879 bits per heavy atom. The lowest BCUT2D eigenvalue weighted by Gasteiger charge is -2.25. The van der Waals surface area contributed by atoms with Gasteiger partial charge in [-0.3, -0.25) is 0 Å². The molecule has 1 N–H and O–H groups in total. The Hall–Kier alpha value is -3.25. The fraction of sp³-hybridized carbons (Fsp3) is 0.370. The summed E-state index contributed by atoms with van der Waals surface area (Å²) in [4.78, 5) is 11.9. The van der Waals surface area contributed by atoms with Crippen LogP contribution in [0.5, 0.6) is 0 Å². The Kier molecular flexibility index (Phi) is 6.47. The average molecular weight is 444 g/mol. The first-order valence-electron chi connectivity index (χ1n) is 11.5. The minimum absolute atomic E-state index is 0.137. The molecule has 0 saturated heterocycles. The van der Waals surface area contributed by atoms with Gasteiger partial charge in [0.2, 0.25) is 0 Å². The van der Waals surface area contributed by atoms with Crippen molar-refractivity contribution in [2.45, 2.75) is 54.5 Å². The molecule has 0 aliphatic rings. The third-order valence-corrected chi connectivity index (χ3v) is 6.02. The van der Waals surface area contributed by atoms with Crippen LogP contribution in [0.25, 0.3) is 16.7 Å². The van der Waals surface area contributed by atoms with Gasteiger partial charge in [0.25, 0.3) is 0 Å². The van der Waals surface area contributed by atoms with Gasteiger partial charge in [-0.15, -0.1) is 0 Å². The van der Waals surface area contributed by atoms with Crippen molar-refractivity contribution in [1.82, 2.24) is 19.7 Å². The van der Waals surface area contributed by atoms with Gasteiger partial charge in [-0.2, -0.15) is 5.10 Å². The third-order valence-electron chi connectivity index (χ3n) is 6.02. The largest absolute Gasteiger partial charge is 0.396 e. The summed E-state index contributed by atoms with van der Waals surface area (Å²) < 4.78 is 1.98. The van der Waals surface area contributed by atoms with E-state index in [1.807, 2.05) is 18.5 Å². The highest BCUT2D eigenvalue weighted by Gasteiger charge is 2.22. The van der Waals surface area contributed by atoms with Crippen LogP contribution in [-0.2, 0) is 6.54 Å². The second-order valence-electron chi connectivity index (χ2n) is 9.02. The SMILES string of the molecule is Cc1ccc(CN(CCCO)c2nc(C)nc3c2c(C)nn3-c2c(C)cc(C)cc2C)cc1. The Bertz CT molecular complexity index is 1270. The van der Waals surface area contributed by atoms with E-state index in [0.717, 1.165) is 28.2 Å². The Labute approximate surface area is 195 Å². The molecule has 2 aromatic heterocycles. The van der Waals surface area contributed by atoms with Crippen molar-refractivity contribution in [3.63, 3.8) is 0 Å². The molecule has 6 heteroatoms. The summed E-state index contributed by atoms with van der Waals surface area (Å²) in [6, 6.07) is 12.9. The van der Waals surface area contributed by atoms with Gasteiger partial charge in [-0.25, -0.2) is 14.6 Å². The summed E-state index contributed by atoms with van der Waals surface area (Å²) in [5.74, 6) is 1.58. The van der Waals surface area contributed by atoms with Gasteiger partial charge >= 0.3 is 0 Å². The van der Waals surface area contributed by atoms with Crippen LogP contribution >= 0.6 is 0 Å². The molecule has 0 unspecified atom stereocenters. The number of aryl methyl sites for hydroxylation is 6. The maximum absolute atomic E-state index is 9.55. The predicted octanol–water partition coefficient (Wildman–Crippen LogP) is 5.06. The number of aliphatic hydroxyl groups is 1. The molecule has 0 aliphatic heterocycles. The fourth-order valence-electron chi connectivity index (χ4n) is 4.59. The lowest BCUT2D eigenvalue weighted by Crippen LogP contribution is -2.26. The standard InChI is InChI=1S/C27H33N5O/c1-17-8-10-23(11-9-17)16-31(12-7-13-33)26-24-21(5)30-32(27(24)29-22(6)28-26)25-19(3)14-18(2)15-20(25)4/h8-11,14-15,33H,7,12-13,16H2,1-6H3. The number of fused-ring (bicyclic) bond motifs is 1. The molecule has 33 heavy (non-hydrogen) atoms. The highest BCUT2D eigenvalue weighted by molar-refractivity contribution is 5.91. The van der Waals surface area contributed by atoms with E-state index in [0.29, 0.717) is 25.3 Å². The molecule has 172 valence electrons. The molecular weight excluding hydrogens is 410 g/mol. The monoisotopic (exact) mass is 443 g/mol. The molecule has 0 aliphatic carbocycles. The van der Waals surface area contributed by atoms with E-state index in [2.05, 4.69) is 69.0 Å². The van der Waals surface area contributed by atoms with Crippen LogP contribution in [0.3, 0.4) is 0 Å². The summed E-state index contributed by atoms with van der Waals surface area (Å²) >= 11 is 0. The predicted molar refractivity (Wildman–Crippen MR) is 134 cm³/mol. The second-order valence-corrected chi connectivity index (χ2v) is 9.02. The van der Waals surface area contributed by atoms with Gasteiger partial charge in [0.15, 0.2) is 5.65 Å². The summed E-state index contributed by atoms with van der Waals surface area (Å²) in [7, 11) is 0. The van der Waals surface area contributed by atoms with Crippen molar-refractivity contribution >= 4 is 16.9 Å². The smallest absolute Gasteiger partial charge is 0.169 e. The third kappa shape index (κ3) is 4.62. The van der Waals surface area contributed by atoms with Crippen molar-refractivity contribution in [2.75, 3.05) is 18.1 Å². The summed E-state index contributed by atoms with van der Waals surface area (Å²) in [6.07, 6.45) is 0.666. The zero-order valence-corrected chi connectivity index (χ0v) is 20.5. The molecule has 2 heterocycles. The molecule has 0 saturated carbocycles. The summed E-state index contributed by atoms with van der Waals surface area (Å²) in [5.41, 5.74) is 8.82. The lowest BCUT2D eigenvalue weighted by molar-refractivity contribution is 0.289. The number of aliphatic hydroxyl groups excluding tert-OH is 1. The minimum Gasteiger partial charge on any atom is -0.396 e. The maximum atomic E-state index is 9.55. The average Bonchev–Trinajstić information content (AvgIpc) is 3.07. The quantitative estimate of drug-likeness (QED) is 0.433. The second kappa shape index (κ2) is 9.32. The number of nitrogens with zero attached hydrogens (tertiary/aromatic N) is 5. The van der Waals surface area contributed by atoms with Crippen LogP contribution in [-0.4, -0.2) is 38.0 Å².